The smallest absolute Gasteiger partial charge is 0.307 e. The van der Waals surface area contributed by atoms with Crippen molar-refractivity contribution >= 4 is 35.1 Å². The Balaban J connectivity index is 1.81. The second-order valence-corrected chi connectivity index (χ2v) is 8.52. The molecule has 36 heavy (non-hydrogen) atoms. The highest BCUT2D eigenvalue weighted by molar-refractivity contribution is 6.35. The van der Waals surface area contributed by atoms with E-state index >= 15 is 0 Å². The van der Waals surface area contributed by atoms with Gasteiger partial charge in [-0.05, 0) is 61.0 Å². The van der Waals surface area contributed by atoms with Crippen LogP contribution >= 0.6 is 23.2 Å². The fourth-order valence-electron chi connectivity index (χ4n) is 3.53. The number of hydroxylamine groups is 2. The molecule has 0 aliphatic rings. The van der Waals surface area contributed by atoms with E-state index in [9.17, 15) is 14.0 Å². The lowest BCUT2D eigenvalue weighted by Crippen LogP contribution is -2.34. The van der Waals surface area contributed by atoms with Gasteiger partial charge in [0.25, 0.3) is 5.91 Å². The highest BCUT2D eigenvalue weighted by atomic mass is 35.5. The number of carbonyl (C=O) groups is 2. The summed E-state index contributed by atoms with van der Waals surface area (Å²) in [5.41, 5.74) is 1.63. The van der Waals surface area contributed by atoms with Crippen molar-refractivity contribution in [2.45, 2.75) is 13.3 Å². The van der Waals surface area contributed by atoms with E-state index in [2.05, 4.69) is 5.16 Å². The van der Waals surface area contributed by atoms with E-state index in [0.29, 0.717) is 21.7 Å². The summed E-state index contributed by atoms with van der Waals surface area (Å²) in [7, 11) is 0. The number of aliphatic carboxylic acids is 1. The number of carboxylic acids is 1. The fourth-order valence-corrected chi connectivity index (χ4v) is 3.97. The molecular formula is C26H19Cl2FN2O5. The first-order chi connectivity index (χ1) is 17.3. The van der Waals surface area contributed by atoms with Gasteiger partial charge in [-0.1, -0.05) is 46.6 Å². The Labute approximate surface area is 215 Å². The predicted octanol–water partition coefficient (Wildman–Crippen LogP) is 6.54. The lowest BCUT2D eigenvalue weighted by Gasteiger charge is -2.22. The largest absolute Gasteiger partial charge is 0.481 e. The molecule has 4 rings (SSSR count). The quantitative estimate of drug-likeness (QED) is 0.261. The zero-order valence-corrected chi connectivity index (χ0v) is 20.4. The van der Waals surface area contributed by atoms with E-state index in [4.69, 9.17) is 37.7 Å². The van der Waals surface area contributed by atoms with Crippen LogP contribution in [0.4, 0.5) is 4.39 Å². The third-order valence-electron chi connectivity index (χ3n) is 5.18. The number of carboxylic acid groups (broad SMARTS) is 1. The topological polar surface area (TPSA) is 92.9 Å². The van der Waals surface area contributed by atoms with E-state index in [-0.39, 0.29) is 40.8 Å². The van der Waals surface area contributed by atoms with Gasteiger partial charge >= 0.3 is 5.97 Å². The van der Waals surface area contributed by atoms with E-state index in [1.54, 1.807) is 37.3 Å². The Morgan fingerprint density at radius 1 is 1.06 bits per heavy atom. The van der Waals surface area contributed by atoms with Crippen LogP contribution in [-0.4, -0.2) is 33.7 Å². The van der Waals surface area contributed by atoms with Gasteiger partial charge in [-0.25, -0.2) is 4.39 Å². The van der Waals surface area contributed by atoms with Gasteiger partial charge in [0, 0.05) is 16.1 Å². The number of halogens is 3. The Morgan fingerprint density at radius 3 is 2.47 bits per heavy atom. The van der Waals surface area contributed by atoms with Gasteiger partial charge < -0.3 is 14.5 Å². The van der Waals surface area contributed by atoms with Crippen LogP contribution in [0.25, 0.3) is 22.6 Å². The van der Waals surface area contributed by atoms with Crippen molar-refractivity contribution < 1.29 is 28.4 Å². The van der Waals surface area contributed by atoms with Crippen molar-refractivity contribution in [3.8, 4) is 28.3 Å². The standard InChI is InChI=1S/C26H19Cl2FN2O5/c1-2-31(36-21-11-8-18(27)14-20(21)28)26(34)23-24(17-5-3-4-15(12-17)13-22(32)33)30-35-25(23)16-6-9-19(29)10-7-16/h3-12,14H,2,13H2,1H3,(H,32,33). The third-order valence-corrected chi connectivity index (χ3v) is 5.71. The number of nitrogens with zero attached hydrogens (tertiary/aromatic N) is 2. The van der Waals surface area contributed by atoms with Crippen LogP contribution in [-0.2, 0) is 11.2 Å². The molecule has 3 aromatic carbocycles. The summed E-state index contributed by atoms with van der Waals surface area (Å²) in [6.07, 6.45) is -0.209. The van der Waals surface area contributed by atoms with E-state index < -0.39 is 17.7 Å². The van der Waals surface area contributed by atoms with E-state index in [1.165, 1.54) is 36.4 Å². The van der Waals surface area contributed by atoms with Crippen molar-refractivity contribution in [2.75, 3.05) is 6.54 Å². The summed E-state index contributed by atoms with van der Waals surface area (Å²) in [4.78, 5) is 30.8. The minimum Gasteiger partial charge on any atom is -0.481 e. The maximum absolute atomic E-state index is 13.8. The van der Waals surface area contributed by atoms with Crippen LogP contribution in [0, 0.1) is 5.82 Å². The first-order valence-corrected chi connectivity index (χ1v) is 11.5. The molecule has 0 bridgehead atoms. The number of aromatic nitrogens is 1. The molecule has 4 aromatic rings. The summed E-state index contributed by atoms with van der Waals surface area (Å²) in [6, 6.07) is 16.6. The number of benzene rings is 3. The van der Waals surface area contributed by atoms with E-state index in [0.717, 1.165) is 5.06 Å². The molecule has 0 saturated carbocycles. The Kier molecular flexibility index (Phi) is 7.57. The van der Waals surface area contributed by atoms with Gasteiger partial charge in [-0.3, -0.25) is 9.59 Å². The van der Waals surface area contributed by atoms with Gasteiger partial charge in [-0.2, -0.15) is 5.06 Å². The molecule has 10 heteroatoms. The van der Waals surface area contributed by atoms with Crippen molar-refractivity contribution in [3.05, 3.63) is 93.7 Å². The number of hydrogen-bond donors (Lipinski definition) is 1. The molecule has 0 spiro atoms. The van der Waals surface area contributed by atoms with Crippen molar-refractivity contribution in [1.82, 2.24) is 10.2 Å². The van der Waals surface area contributed by atoms with Crippen molar-refractivity contribution in [3.63, 3.8) is 0 Å². The van der Waals surface area contributed by atoms with Gasteiger partial charge in [-0.15, -0.1) is 0 Å². The fraction of sp³-hybridized carbons (Fsp3) is 0.115. The van der Waals surface area contributed by atoms with E-state index in [1.807, 2.05) is 0 Å². The molecule has 184 valence electrons. The second-order valence-electron chi connectivity index (χ2n) is 7.68. The lowest BCUT2D eigenvalue weighted by atomic mass is 9.99. The Bertz CT molecular complexity index is 1420. The highest BCUT2D eigenvalue weighted by Crippen LogP contribution is 2.35. The molecule has 0 radical (unpaired) electrons. The van der Waals surface area contributed by atoms with Crippen LogP contribution in [0.3, 0.4) is 0 Å². The van der Waals surface area contributed by atoms with Crippen molar-refractivity contribution in [1.29, 1.82) is 0 Å². The Hall–Kier alpha value is -3.88. The third kappa shape index (κ3) is 5.50. The monoisotopic (exact) mass is 528 g/mol. The summed E-state index contributed by atoms with van der Waals surface area (Å²) in [5.74, 6) is -1.74. The zero-order chi connectivity index (χ0) is 25.8. The molecule has 1 N–H and O–H groups in total. The van der Waals surface area contributed by atoms with Gasteiger partial charge in [0.1, 0.15) is 17.1 Å². The average Bonchev–Trinajstić information content (AvgIpc) is 3.29. The minimum atomic E-state index is -0.999. The number of hydrogen-bond acceptors (Lipinski definition) is 5. The minimum absolute atomic E-state index is 0.0565. The first-order valence-electron chi connectivity index (χ1n) is 10.8. The lowest BCUT2D eigenvalue weighted by molar-refractivity contribution is -0.136. The molecule has 0 atom stereocenters. The number of rotatable bonds is 8. The summed E-state index contributed by atoms with van der Waals surface area (Å²) < 4.78 is 19.1. The maximum Gasteiger partial charge on any atom is 0.307 e. The van der Waals surface area contributed by atoms with Crippen LogP contribution in [0.1, 0.15) is 22.8 Å². The van der Waals surface area contributed by atoms with Gasteiger partial charge in [0.05, 0.1) is 18.0 Å². The highest BCUT2D eigenvalue weighted by Gasteiger charge is 2.30. The molecule has 0 aliphatic heterocycles. The molecule has 0 saturated heterocycles. The number of amides is 1. The van der Waals surface area contributed by atoms with Crippen LogP contribution in [0.15, 0.2) is 71.3 Å². The second kappa shape index (κ2) is 10.8. The molecule has 0 fully saturated rings. The average molecular weight is 529 g/mol. The van der Waals surface area contributed by atoms with Crippen LogP contribution in [0.5, 0.6) is 5.75 Å². The van der Waals surface area contributed by atoms with Crippen molar-refractivity contribution in [2.24, 2.45) is 0 Å². The Morgan fingerprint density at radius 2 is 1.81 bits per heavy atom. The molecule has 7 nitrogen and oxygen atoms in total. The van der Waals surface area contributed by atoms with Crippen LogP contribution in [0.2, 0.25) is 10.0 Å². The van der Waals surface area contributed by atoms with Gasteiger partial charge in [0.2, 0.25) is 0 Å². The summed E-state index contributed by atoms with van der Waals surface area (Å²) >= 11 is 12.2. The first kappa shape index (κ1) is 25.2. The molecule has 1 aromatic heterocycles. The number of carbonyl (C=O) groups excluding carboxylic acids is 1. The summed E-state index contributed by atoms with van der Waals surface area (Å²) in [6.45, 7) is 1.84. The predicted molar refractivity (Wildman–Crippen MR) is 132 cm³/mol. The zero-order valence-electron chi connectivity index (χ0n) is 18.9. The normalized spacial score (nSPS) is 10.8. The molecular weight excluding hydrogens is 510 g/mol. The SMILES string of the molecule is CCN(Oc1ccc(Cl)cc1Cl)C(=O)c1c(-c2cccc(CC(=O)O)c2)noc1-c1ccc(F)cc1. The molecule has 0 unspecified atom stereocenters. The van der Waals surface area contributed by atoms with Crippen LogP contribution < -0.4 is 4.84 Å². The van der Waals surface area contributed by atoms with Gasteiger partial charge in [0.15, 0.2) is 11.5 Å². The molecule has 1 heterocycles. The molecule has 1 amide bonds. The maximum atomic E-state index is 13.8. The molecule has 0 aliphatic carbocycles. The summed E-state index contributed by atoms with van der Waals surface area (Å²) in [5, 5.41) is 15.0.